The molecule has 0 bridgehead atoms. The van der Waals surface area contributed by atoms with Crippen molar-refractivity contribution < 1.29 is 4.74 Å². The van der Waals surface area contributed by atoms with Gasteiger partial charge in [-0.15, -0.1) is 11.3 Å². The van der Waals surface area contributed by atoms with Gasteiger partial charge in [0.25, 0.3) is 0 Å². The van der Waals surface area contributed by atoms with E-state index in [4.69, 9.17) is 9.84 Å². The minimum absolute atomic E-state index is 0.503. The van der Waals surface area contributed by atoms with Gasteiger partial charge >= 0.3 is 0 Å². The molecule has 6 heteroatoms. The molecule has 0 saturated carbocycles. The molecule has 0 radical (unpaired) electrons. The topological polar surface area (TPSA) is 63.7 Å². The van der Waals surface area contributed by atoms with Gasteiger partial charge < -0.3 is 4.74 Å². The highest BCUT2D eigenvalue weighted by molar-refractivity contribution is 7.19. The minimum atomic E-state index is 0.503. The fraction of sp³-hybridized carbons (Fsp3) is 0.0385. The second-order valence-electron chi connectivity index (χ2n) is 7.10. The maximum Gasteiger partial charge on any atom is 0.135 e. The number of hydrogen-bond acceptors (Lipinski definition) is 5. The smallest absolute Gasteiger partial charge is 0.135 e. The number of aromatic nitrogens is 3. The summed E-state index contributed by atoms with van der Waals surface area (Å²) in [5, 5.41) is 15.5. The zero-order valence-electron chi connectivity index (χ0n) is 17.3. The van der Waals surface area contributed by atoms with Crippen molar-refractivity contribution >= 4 is 33.2 Å². The Morgan fingerprint density at radius 2 is 1.84 bits per heavy atom. The zero-order chi connectivity index (χ0) is 21.9. The van der Waals surface area contributed by atoms with Crippen LogP contribution in [0.25, 0.3) is 38.8 Å². The number of allylic oxidation sites excluding steroid dienone is 1. The van der Waals surface area contributed by atoms with Crippen molar-refractivity contribution in [3.63, 3.8) is 0 Å². The summed E-state index contributed by atoms with van der Waals surface area (Å²) in [6.45, 7) is 0. The van der Waals surface area contributed by atoms with Crippen LogP contribution < -0.4 is 4.74 Å². The summed E-state index contributed by atoms with van der Waals surface area (Å²) >= 11 is 1.51. The van der Waals surface area contributed by atoms with E-state index in [2.05, 4.69) is 11.1 Å². The van der Waals surface area contributed by atoms with E-state index < -0.39 is 0 Å². The van der Waals surface area contributed by atoms with Crippen molar-refractivity contribution in [2.45, 2.75) is 0 Å². The average Bonchev–Trinajstić information content (AvgIpc) is 3.47. The number of fused-ring (bicyclic) bond motifs is 1. The van der Waals surface area contributed by atoms with E-state index in [1.807, 2.05) is 95.8 Å². The molecule has 0 unspecified atom stereocenters. The molecule has 0 N–H and O–H groups in total. The van der Waals surface area contributed by atoms with Gasteiger partial charge in [0, 0.05) is 17.3 Å². The number of methoxy groups -OCH3 is 1. The number of para-hydroxylation sites is 2. The van der Waals surface area contributed by atoms with Crippen LogP contribution in [0.1, 0.15) is 10.6 Å². The molecule has 0 aliphatic rings. The van der Waals surface area contributed by atoms with Crippen molar-refractivity contribution in [1.82, 2.24) is 14.8 Å². The molecule has 0 spiro atoms. The maximum atomic E-state index is 9.93. The van der Waals surface area contributed by atoms with Crippen molar-refractivity contribution in [1.29, 1.82) is 5.26 Å². The minimum Gasteiger partial charge on any atom is -0.497 e. The molecule has 0 aliphatic heterocycles. The summed E-state index contributed by atoms with van der Waals surface area (Å²) < 4.78 is 8.28. The van der Waals surface area contributed by atoms with Gasteiger partial charge in [0.05, 0.1) is 28.6 Å². The van der Waals surface area contributed by atoms with E-state index in [1.165, 1.54) is 11.3 Å². The lowest BCUT2D eigenvalue weighted by Crippen LogP contribution is -1.94. The van der Waals surface area contributed by atoms with Crippen LogP contribution in [0.5, 0.6) is 5.75 Å². The van der Waals surface area contributed by atoms with Gasteiger partial charge in [-0.3, -0.25) is 0 Å². The second kappa shape index (κ2) is 8.50. The van der Waals surface area contributed by atoms with Crippen LogP contribution >= 0.6 is 11.3 Å². The first kappa shape index (κ1) is 19.7. The van der Waals surface area contributed by atoms with Crippen molar-refractivity contribution in [2.75, 3.05) is 7.11 Å². The monoisotopic (exact) mass is 434 g/mol. The molecular formula is C26H18N4OS. The van der Waals surface area contributed by atoms with Crippen LogP contribution in [0, 0.1) is 11.3 Å². The zero-order valence-corrected chi connectivity index (χ0v) is 18.1. The van der Waals surface area contributed by atoms with E-state index in [-0.39, 0.29) is 0 Å². The van der Waals surface area contributed by atoms with Gasteiger partial charge in [-0.1, -0.05) is 42.5 Å². The molecule has 5 aromatic rings. The summed E-state index contributed by atoms with van der Waals surface area (Å²) in [7, 11) is 1.64. The van der Waals surface area contributed by atoms with Gasteiger partial charge in [0.1, 0.15) is 22.5 Å². The third-order valence-corrected chi connectivity index (χ3v) is 6.12. The molecule has 0 fully saturated rings. The van der Waals surface area contributed by atoms with Crippen molar-refractivity contribution in [3.05, 3.63) is 95.6 Å². The number of rotatable bonds is 5. The van der Waals surface area contributed by atoms with Crippen LogP contribution in [-0.4, -0.2) is 21.9 Å². The first-order valence-corrected chi connectivity index (χ1v) is 10.8. The van der Waals surface area contributed by atoms with Crippen LogP contribution in [0.3, 0.4) is 0 Å². The number of nitrogens with zero attached hydrogens (tertiary/aromatic N) is 4. The number of benzene rings is 3. The molecule has 154 valence electrons. The van der Waals surface area contributed by atoms with Crippen LogP contribution in [0.4, 0.5) is 0 Å². The highest BCUT2D eigenvalue weighted by atomic mass is 32.1. The van der Waals surface area contributed by atoms with Gasteiger partial charge in [0.15, 0.2) is 0 Å². The predicted octanol–water partition coefficient (Wildman–Crippen LogP) is 6.22. The average molecular weight is 435 g/mol. The largest absolute Gasteiger partial charge is 0.497 e. The molecule has 2 aromatic heterocycles. The predicted molar refractivity (Wildman–Crippen MR) is 129 cm³/mol. The van der Waals surface area contributed by atoms with E-state index in [0.717, 1.165) is 38.5 Å². The molecule has 0 saturated heterocycles. The summed E-state index contributed by atoms with van der Waals surface area (Å²) in [5.74, 6) is 0.748. The first-order valence-electron chi connectivity index (χ1n) is 10.0. The quantitative estimate of drug-likeness (QED) is 0.308. The Balaban J connectivity index is 1.67. The van der Waals surface area contributed by atoms with Crippen LogP contribution in [0.15, 0.2) is 85.1 Å². The fourth-order valence-electron chi connectivity index (χ4n) is 3.49. The summed E-state index contributed by atoms with van der Waals surface area (Å²) in [6, 6.07) is 27.9. The first-order chi connectivity index (χ1) is 15.7. The number of nitriles is 1. The Hall–Kier alpha value is -4.21. The molecular weight excluding hydrogens is 416 g/mol. The normalized spacial score (nSPS) is 11.4. The summed E-state index contributed by atoms with van der Waals surface area (Å²) in [6.07, 6.45) is 3.80. The Morgan fingerprint density at radius 3 is 2.62 bits per heavy atom. The Morgan fingerprint density at radius 1 is 1.03 bits per heavy atom. The molecule has 0 amide bonds. The molecule has 5 rings (SSSR count). The van der Waals surface area contributed by atoms with Gasteiger partial charge in [-0.05, 0) is 42.5 Å². The molecule has 2 heterocycles. The van der Waals surface area contributed by atoms with Crippen LogP contribution in [0.2, 0.25) is 0 Å². The lowest BCUT2D eigenvalue weighted by Gasteiger charge is -2.03. The third kappa shape index (κ3) is 3.78. The van der Waals surface area contributed by atoms with E-state index >= 15 is 0 Å². The number of hydrogen-bond donors (Lipinski definition) is 0. The number of thiazole rings is 1. The molecule has 0 atom stereocenters. The SMILES string of the molecule is COc1cccc(-c2nn(-c3ccccc3)cc2/C=C(/C#N)c2nc3ccccc3s2)c1. The Labute approximate surface area is 189 Å². The fourth-order valence-corrected chi connectivity index (χ4v) is 4.42. The van der Waals surface area contributed by atoms with Crippen LogP contribution in [-0.2, 0) is 0 Å². The Kier molecular flexibility index (Phi) is 5.24. The van der Waals surface area contributed by atoms with Crippen molar-refractivity contribution in [3.8, 4) is 28.8 Å². The maximum absolute atomic E-state index is 9.93. The number of ether oxygens (including phenoxy) is 1. The molecule has 0 aliphatic carbocycles. The van der Waals surface area contributed by atoms with Gasteiger partial charge in [-0.2, -0.15) is 10.4 Å². The Bertz CT molecular complexity index is 1440. The summed E-state index contributed by atoms with van der Waals surface area (Å²) in [4.78, 5) is 4.66. The van der Waals surface area contributed by atoms with Gasteiger partial charge in [0.2, 0.25) is 0 Å². The molecule has 5 nitrogen and oxygen atoms in total. The van der Waals surface area contributed by atoms with E-state index in [1.54, 1.807) is 7.11 Å². The highest BCUT2D eigenvalue weighted by Gasteiger charge is 2.15. The molecule has 3 aromatic carbocycles. The highest BCUT2D eigenvalue weighted by Crippen LogP contribution is 2.32. The summed E-state index contributed by atoms with van der Waals surface area (Å²) in [5.41, 5.74) is 4.84. The third-order valence-electron chi connectivity index (χ3n) is 5.05. The lowest BCUT2D eigenvalue weighted by atomic mass is 10.1. The standard InChI is InChI=1S/C26H18N4OS/c1-31-22-11-7-8-18(15-22)25-20(17-30(29-25)21-9-3-2-4-10-21)14-19(16-27)26-28-23-12-5-6-13-24(23)32-26/h2-15,17H,1H3/b19-14-. The van der Waals surface area contributed by atoms with E-state index in [0.29, 0.717) is 10.6 Å². The lowest BCUT2D eigenvalue weighted by molar-refractivity contribution is 0.415. The van der Waals surface area contributed by atoms with Crippen molar-refractivity contribution in [2.24, 2.45) is 0 Å². The molecule has 32 heavy (non-hydrogen) atoms. The second-order valence-corrected chi connectivity index (χ2v) is 8.13. The van der Waals surface area contributed by atoms with Gasteiger partial charge in [-0.25, -0.2) is 9.67 Å². The van der Waals surface area contributed by atoms with E-state index in [9.17, 15) is 5.26 Å².